The number of ether oxygens (including phenoxy) is 1. The highest BCUT2D eigenvalue weighted by molar-refractivity contribution is 7.08. The molecule has 0 radical (unpaired) electrons. The van der Waals surface area contributed by atoms with Gasteiger partial charge in [0.2, 0.25) is 5.06 Å². The Morgan fingerprint density at radius 3 is 2.52 bits per heavy atom. The van der Waals surface area contributed by atoms with Crippen molar-refractivity contribution >= 4 is 17.2 Å². The summed E-state index contributed by atoms with van der Waals surface area (Å²) in [7, 11) is 0. The molecule has 4 heteroatoms. The van der Waals surface area contributed by atoms with Gasteiger partial charge in [-0.1, -0.05) is 30.3 Å². The van der Waals surface area contributed by atoms with Crippen LogP contribution in [-0.4, -0.2) is 4.37 Å². The normalized spacial score (nSPS) is 10.6. The number of nitrogen functional groups attached to an aromatic ring is 1. The lowest BCUT2D eigenvalue weighted by molar-refractivity contribution is 0.492. The lowest BCUT2D eigenvalue weighted by atomic mass is 10.1. The number of anilines is 1. The number of benzene rings is 2. The third kappa shape index (κ3) is 2.90. The Labute approximate surface area is 128 Å². The van der Waals surface area contributed by atoms with Crippen LogP contribution < -0.4 is 10.5 Å². The monoisotopic (exact) mass is 296 g/mol. The van der Waals surface area contributed by atoms with E-state index in [1.54, 1.807) is 0 Å². The second kappa shape index (κ2) is 5.58. The summed E-state index contributed by atoms with van der Waals surface area (Å²) in [5.74, 6) is 0.824. The van der Waals surface area contributed by atoms with E-state index in [0.29, 0.717) is 0 Å². The van der Waals surface area contributed by atoms with Crippen LogP contribution in [0.15, 0.2) is 48.5 Å². The van der Waals surface area contributed by atoms with Crippen LogP contribution in [0.4, 0.5) is 5.69 Å². The van der Waals surface area contributed by atoms with Crippen LogP contribution in [0.1, 0.15) is 11.1 Å². The first-order valence-corrected chi connectivity index (χ1v) is 7.47. The number of aromatic nitrogens is 1. The molecule has 3 aromatic rings. The fraction of sp³-hybridized carbons (Fsp3) is 0.118. The lowest BCUT2D eigenvalue weighted by Gasteiger charge is -2.09. The molecule has 2 N–H and O–H groups in total. The minimum atomic E-state index is 0.779. The van der Waals surface area contributed by atoms with E-state index in [1.807, 2.05) is 62.4 Å². The fourth-order valence-corrected chi connectivity index (χ4v) is 2.72. The highest BCUT2D eigenvalue weighted by Crippen LogP contribution is 2.33. The highest BCUT2D eigenvalue weighted by Gasteiger charge is 2.09. The molecule has 0 atom stereocenters. The van der Waals surface area contributed by atoms with Gasteiger partial charge in [0, 0.05) is 28.8 Å². The predicted octanol–water partition coefficient (Wildman–Crippen LogP) is 4.80. The molecule has 0 aliphatic carbocycles. The SMILES string of the molecule is Cc1cc(Oc2cc(-c3ccccc3)ns2)c(C)cc1N. The highest BCUT2D eigenvalue weighted by atomic mass is 32.1. The van der Waals surface area contributed by atoms with Crippen molar-refractivity contribution in [2.24, 2.45) is 0 Å². The van der Waals surface area contributed by atoms with Crippen LogP contribution in [0.3, 0.4) is 0 Å². The largest absolute Gasteiger partial charge is 0.445 e. The Morgan fingerprint density at radius 1 is 1.00 bits per heavy atom. The number of nitrogens with two attached hydrogens (primary N) is 1. The molecular formula is C17H16N2OS. The second-order valence-corrected chi connectivity index (χ2v) is 5.74. The molecule has 0 amide bonds. The Morgan fingerprint density at radius 2 is 1.76 bits per heavy atom. The van der Waals surface area contributed by atoms with Crippen LogP contribution in [-0.2, 0) is 0 Å². The molecule has 106 valence electrons. The van der Waals surface area contributed by atoms with E-state index >= 15 is 0 Å². The zero-order valence-electron chi connectivity index (χ0n) is 12.0. The van der Waals surface area contributed by atoms with Crippen LogP contribution in [0.2, 0.25) is 0 Å². The van der Waals surface area contributed by atoms with Crippen LogP contribution in [0, 0.1) is 13.8 Å². The maximum atomic E-state index is 5.95. The average molecular weight is 296 g/mol. The third-order valence-corrected chi connectivity index (χ3v) is 4.00. The van der Waals surface area contributed by atoms with Crippen LogP contribution in [0.5, 0.6) is 10.8 Å². The van der Waals surface area contributed by atoms with E-state index in [-0.39, 0.29) is 0 Å². The molecule has 1 aromatic heterocycles. The Bertz CT molecular complexity index is 766. The van der Waals surface area contributed by atoms with Crippen molar-refractivity contribution in [1.82, 2.24) is 4.37 Å². The van der Waals surface area contributed by atoms with Gasteiger partial charge in [-0.15, -0.1) is 0 Å². The minimum absolute atomic E-state index is 0.779. The van der Waals surface area contributed by atoms with Gasteiger partial charge in [-0.25, -0.2) is 0 Å². The van der Waals surface area contributed by atoms with Gasteiger partial charge in [-0.3, -0.25) is 0 Å². The summed E-state index contributed by atoms with van der Waals surface area (Å²) < 4.78 is 10.4. The van der Waals surface area contributed by atoms with Crippen molar-refractivity contribution in [3.63, 3.8) is 0 Å². The van der Waals surface area contributed by atoms with Gasteiger partial charge in [0.25, 0.3) is 0 Å². The van der Waals surface area contributed by atoms with Gasteiger partial charge in [-0.05, 0) is 37.1 Å². The van der Waals surface area contributed by atoms with Crippen molar-refractivity contribution in [2.45, 2.75) is 13.8 Å². The molecule has 1 heterocycles. The number of hydrogen-bond acceptors (Lipinski definition) is 4. The number of aryl methyl sites for hydroxylation is 2. The van der Waals surface area contributed by atoms with Crippen LogP contribution in [0.25, 0.3) is 11.3 Å². The summed E-state index contributed by atoms with van der Waals surface area (Å²) in [5.41, 5.74) is 10.7. The Balaban J connectivity index is 1.87. The van der Waals surface area contributed by atoms with Gasteiger partial charge in [0.05, 0.1) is 5.69 Å². The summed E-state index contributed by atoms with van der Waals surface area (Å²) >= 11 is 1.35. The lowest BCUT2D eigenvalue weighted by Crippen LogP contribution is -1.93. The molecular weight excluding hydrogens is 280 g/mol. The van der Waals surface area contributed by atoms with Gasteiger partial charge in [0.1, 0.15) is 5.75 Å². The smallest absolute Gasteiger partial charge is 0.200 e. The number of rotatable bonds is 3. The zero-order valence-corrected chi connectivity index (χ0v) is 12.8. The van der Waals surface area contributed by atoms with Gasteiger partial charge in [0.15, 0.2) is 0 Å². The van der Waals surface area contributed by atoms with E-state index in [0.717, 1.165) is 38.9 Å². The van der Waals surface area contributed by atoms with E-state index in [9.17, 15) is 0 Å². The molecule has 2 aromatic carbocycles. The van der Waals surface area contributed by atoms with E-state index in [4.69, 9.17) is 10.5 Å². The molecule has 21 heavy (non-hydrogen) atoms. The maximum Gasteiger partial charge on any atom is 0.200 e. The van der Waals surface area contributed by atoms with E-state index in [2.05, 4.69) is 4.37 Å². The van der Waals surface area contributed by atoms with Gasteiger partial charge >= 0.3 is 0 Å². The molecule has 3 rings (SSSR count). The van der Waals surface area contributed by atoms with Crippen molar-refractivity contribution in [2.75, 3.05) is 5.73 Å². The standard InChI is InChI=1S/C17H16N2OS/c1-11-9-16(12(2)8-14(11)18)20-17-10-15(19-21-17)13-6-4-3-5-7-13/h3-10H,18H2,1-2H3. The van der Waals surface area contributed by atoms with Gasteiger partial charge < -0.3 is 10.5 Å². The van der Waals surface area contributed by atoms with E-state index in [1.165, 1.54) is 11.5 Å². The number of hydrogen-bond donors (Lipinski definition) is 1. The Hall–Kier alpha value is -2.33. The van der Waals surface area contributed by atoms with Crippen molar-refractivity contribution in [3.8, 4) is 22.1 Å². The second-order valence-electron chi connectivity index (χ2n) is 4.97. The summed E-state index contributed by atoms with van der Waals surface area (Å²) in [5, 5.41) is 0.779. The third-order valence-electron chi connectivity index (χ3n) is 3.33. The van der Waals surface area contributed by atoms with Crippen LogP contribution >= 0.6 is 11.5 Å². The molecule has 0 fully saturated rings. The molecule has 0 unspecified atom stereocenters. The maximum absolute atomic E-state index is 5.95. The van der Waals surface area contributed by atoms with Crippen molar-refractivity contribution in [1.29, 1.82) is 0 Å². The molecule has 0 aliphatic heterocycles. The van der Waals surface area contributed by atoms with Gasteiger partial charge in [-0.2, -0.15) is 4.37 Å². The molecule has 0 aliphatic rings. The molecule has 0 saturated heterocycles. The first-order valence-electron chi connectivity index (χ1n) is 6.70. The first-order chi connectivity index (χ1) is 10.1. The molecule has 0 saturated carbocycles. The topological polar surface area (TPSA) is 48.1 Å². The quantitative estimate of drug-likeness (QED) is 0.706. The average Bonchev–Trinajstić information content (AvgIpc) is 2.94. The summed E-state index contributed by atoms with van der Waals surface area (Å²) in [6.07, 6.45) is 0. The molecule has 0 bridgehead atoms. The van der Waals surface area contributed by atoms with Crippen molar-refractivity contribution < 1.29 is 4.74 Å². The molecule has 0 spiro atoms. The summed E-state index contributed by atoms with van der Waals surface area (Å²) in [6.45, 7) is 3.97. The fourth-order valence-electron chi connectivity index (χ4n) is 2.08. The van der Waals surface area contributed by atoms with Crippen molar-refractivity contribution in [3.05, 3.63) is 59.7 Å². The first kappa shape index (κ1) is 13.6. The summed E-state index contributed by atoms with van der Waals surface area (Å²) in [4.78, 5) is 0. The van der Waals surface area contributed by atoms with E-state index < -0.39 is 0 Å². The predicted molar refractivity (Wildman–Crippen MR) is 88.0 cm³/mol. The minimum Gasteiger partial charge on any atom is -0.445 e. The number of nitrogens with zero attached hydrogens (tertiary/aromatic N) is 1. The summed E-state index contributed by atoms with van der Waals surface area (Å²) in [6, 6.07) is 15.9. The zero-order chi connectivity index (χ0) is 14.8. The Kier molecular flexibility index (Phi) is 3.62. The molecule has 3 nitrogen and oxygen atoms in total.